The van der Waals surface area contributed by atoms with Gasteiger partial charge in [-0.05, 0) is 55.4 Å². The van der Waals surface area contributed by atoms with Crippen LogP contribution in [0.2, 0.25) is 0 Å². The predicted molar refractivity (Wildman–Crippen MR) is 142 cm³/mol. The molecule has 180 valence electrons. The van der Waals surface area contributed by atoms with Crippen LogP contribution in [0.25, 0.3) is 10.2 Å². The van der Waals surface area contributed by atoms with E-state index in [2.05, 4.69) is 45.6 Å². The first-order valence-electron chi connectivity index (χ1n) is 12.9. The van der Waals surface area contributed by atoms with Gasteiger partial charge in [-0.3, -0.25) is 14.3 Å². The highest BCUT2D eigenvalue weighted by molar-refractivity contribution is 7.18. The molecule has 0 radical (unpaired) electrons. The monoisotopic (exact) mass is 484 g/mol. The molecule has 0 unspecified atom stereocenters. The second-order valence-electron chi connectivity index (χ2n) is 10.2. The molecule has 2 aliphatic carbocycles. The van der Waals surface area contributed by atoms with E-state index >= 15 is 0 Å². The van der Waals surface area contributed by atoms with Crippen molar-refractivity contribution >= 4 is 21.6 Å². The maximum atomic E-state index is 13.4. The van der Waals surface area contributed by atoms with Crippen LogP contribution in [0.3, 0.4) is 0 Å². The van der Waals surface area contributed by atoms with Crippen molar-refractivity contribution < 1.29 is 0 Å². The van der Waals surface area contributed by atoms with Crippen LogP contribution in [0.1, 0.15) is 53.8 Å². The number of hydrogen-bond acceptors (Lipinski definition) is 5. The average Bonchev–Trinajstić information content (AvgIpc) is 3.54. The van der Waals surface area contributed by atoms with Crippen molar-refractivity contribution in [3.8, 4) is 0 Å². The van der Waals surface area contributed by atoms with Crippen LogP contribution in [0.15, 0.2) is 65.8 Å². The average molecular weight is 485 g/mol. The summed E-state index contributed by atoms with van der Waals surface area (Å²) in [5.74, 6) is 0. The van der Waals surface area contributed by atoms with Crippen LogP contribution in [0, 0.1) is 0 Å². The molecule has 2 aliphatic rings. The number of thiophene rings is 1. The quantitative estimate of drug-likeness (QED) is 0.399. The van der Waals surface area contributed by atoms with E-state index in [0.29, 0.717) is 12.6 Å². The fourth-order valence-corrected chi connectivity index (χ4v) is 7.32. The third kappa shape index (κ3) is 4.45. The van der Waals surface area contributed by atoms with Crippen LogP contribution in [0.5, 0.6) is 0 Å². The minimum absolute atomic E-state index is 0.101. The highest BCUT2D eigenvalue weighted by atomic mass is 32.1. The molecule has 0 amide bonds. The Hall–Kier alpha value is -2.83. The molecule has 6 heteroatoms. The van der Waals surface area contributed by atoms with Crippen molar-refractivity contribution in [1.29, 1.82) is 0 Å². The summed E-state index contributed by atoms with van der Waals surface area (Å²) in [4.78, 5) is 24.7. The number of aryl methyl sites for hydroxylation is 3. The van der Waals surface area contributed by atoms with Gasteiger partial charge >= 0.3 is 0 Å². The first-order valence-corrected chi connectivity index (χ1v) is 13.7. The summed E-state index contributed by atoms with van der Waals surface area (Å²) < 4.78 is 1.76. The van der Waals surface area contributed by atoms with Crippen molar-refractivity contribution in [3.05, 3.63) is 93.1 Å². The van der Waals surface area contributed by atoms with E-state index in [0.717, 1.165) is 48.1 Å². The normalized spacial score (nSPS) is 19.1. The van der Waals surface area contributed by atoms with E-state index in [1.165, 1.54) is 41.7 Å². The highest BCUT2D eigenvalue weighted by Crippen LogP contribution is 2.41. The van der Waals surface area contributed by atoms with Crippen LogP contribution >= 0.6 is 11.3 Å². The zero-order valence-electron chi connectivity index (χ0n) is 20.1. The lowest BCUT2D eigenvalue weighted by Gasteiger charge is -2.33. The van der Waals surface area contributed by atoms with Crippen LogP contribution in [-0.4, -0.2) is 27.1 Å². The molecule has 1 N–H and O–H groups in total. The summed E-state index contributed by atoms with van der Waals surface area (Å²) in [6.07, 6.45) is 12.4. The summed E-state index contributed by atoms with van der Waals surface area (Å²) in [5.41, 5.74) is 4.09. The van der Waals surface area contributed by atoms with Gasteiger partial charge in [0, 0.05) is 47.7 Å². The number of aromatic nitrogens is 3. The molecule has 0 bridgehead atoms. The third-order valence-electron chi connectivity index (χ3n) is 8.05. The lowest BCUT2D eigenvalue weighted by atomic mass is 9.78. The van der Waals surface area contributed by atoms with Gasteiger partial charge in [-0.25, -0.2) is 4.98 Å². The Kier molecular flexibility index (Phi) is 6.25. The molecule has 1 atom stereocenters. The topological polar surface area (TPSA) is 59.8 Å². The van der Waals surface area contributed by atoms with Gasteiger partial charge in [-0.15, -0.1) is 11.3 Å². The molecule has 6 rings (SSSR count). The van der Waals surface area contributed by atoms with Crippen molar-refractivity contribution in [2.45, 2.75) is 69.4 Å². The molecule has 1 fully saturated rings. The fraction of sp³-hybridized carbons (Fsp3) is 0.414. The smallest absolute Gasteiger partial charge is 0.262 e. The van der Waals surface area contributed by atoms with Gasteiger partial charge in [0.25, 0.3) is 5.56 Å². The highest BCUT2D eigenvalue weighted by Gasteiger charge is 2.36. The third-order valence-corrected chi connectivity index (χ3v) is 9.21. The lowest BCUT2D eigenvalue weighted by molar-refractivity contribution is 0.357. The largest absolute Gasteiger partial charge is 0.313 e. The summed E-state index contributed by atoms with van der Waals surface area (Å²) in [5, 5.41) is 4.80. The van der Waals surface area contributed by atoms with Crippen molar-refractivity contribution in [1.82, 2.24) is 19.9 Å². The van der Waals surface area contributed by atoms with E-state index in [-0.39, 0.29) is 11.0 Å². The number of pyridine rings is 1. The fourth-order valence-electron chi connectivity index (χ4n) is 6.07. The minimum atomic E-state index is 0.101. The van der Waals surface area contributed by atoms with Gasteiger partial charge in [-0.1, -0.05) is 49.2 Å². The standard InChI is InChI=1S/C29H32N4OS/c34-28-26-24-12-11-23(31-19-29(14-5-6-15-29)21-8-2-1-3-9-21)18-25(24)35-27(26)32-20-33(28)17-13-22-10-4-7-16-30-22/h1-4,7-10,16,20,23,31H,5-6,11-15,17-19H2/t23-/m0/s1. The predicted octanol–water partition coefficient (Wildman–Crippen LogP) is 5.05. The molecular weight excluding hydrogens is 452 g/mol. The van der Waals surface area contributed by atoms with Gasteiger partial charge in [0.15, 0.2) is 0 Å². The second-order valence-corrected chi connectivity index (χ2v) is 11.3. The Balaban J connectivity index is 1.18. The number of benzene rings is 1. The van der Waals surface area contributed by atoms with Crippen LogP contribution in [-0.2, 0) is 31.2 Å². The summed E-state index contributed by atoms with van der Waals surface area (Å²) in [7, 11) is 0. The molecule has 5 nitrogen and oxygen atoms in total. The molecule has 4 aromatic rings. The molecular formula is C29H32N4OS. The van der Waals surface area contributed by atoms with Crippen molar-refractivity contribution in [2.75, 3.05) is 6.54 Å². The minimum Gasteiger partial charge on any atom is -0.313 e. The molecule has 1 aromatic carbocycles. The van der Waals surface area contributed by atoms with E-state index in [1.54, 1.807) is 28.4 Å². The summed E-state index contributed by atoms with van der Waals surface area (Å²) in [6, 6.07) is 17.5. The number of hydrogen-bond donors (Lipinski definition) is 1. The van der Waals surface area contributed by atoms with Crippen LogP contribution in [0.4, 0.5) is 0 Å². The van der Waals surface area contributed by atoms with Gasteiger partial charge in [0.05, 0.1) is 11.7 Å². The Labute approximate surface area is 210 Å². The Bertz CT molecular complexity index is 1360. The maximum Gasteiger partial charge on any atom is 0.262 e. The Morgan fingerprint density at radius 1 is 1.06 bits per heavy atom. The maximum absolute atomic E-state index is 13.4. The Morgan fingerprint density at radius 2 is 1.89 bits per heavy atom. The number of fused-ring (bicyclic) bond motifs is 3. The van der Waals surface area contributed by atoms with Gasteiger partial charge in [-0.2, -0.15) is 0 Å². The Morgan fingerprint density at radius 3 is 2.69 bits per heavy atom. The zero-order chi connectivity index (χ0) is 23.7. The summed E-state index contributed by atoms with van der Waals surface area (Å²) >= 11 is 1.72. The van der Waals surface area contributed by atoms with Gasteiger partial charge < -0.3 is 5.32 Å². The van der Waals surface area contributed by atoms with Crippen LogP contribution < -0.4 is 10.9 Å². The van der Waals surface area contributed by atoms with Crippen molar-refractivity contribution in [2.24, 2.45) is 0 Å². The zero-order valence-corrected chi connectivity index (χ0v) is 20.9. The van der Waals surface area contributed by atoms with Gasteiger partial charge in [0.1, 0.15) is 4.83 Å². The summed E-state index contributed by atoms with van der Waals surface area (Å²) in [6.45, 7) is 1.65. The van der Waals surface area contributed by atoms with Crippen molar-refractivity contribution in [3.63, 3.8) is 0 Å². The number of nitrogens with zero attached hydrogens (tertiary/aromatic N) is 3. The molecule has 3 heterocycles. The van der Waals surface area contributed by atoms with E-state index < -0.39 is 0 Å². The number of rotatable bonds is 7. The first-order chi connectivity index (χ1) is 17.2. The molecule has 1 saturated carbocycles. The van der Waals surface area contributed by atoms with Gasteiger partial charge in [0.2, 0.25) is 0 Å². The molecule has 0 saturated heterocycles. The second kappa shape index (κ2) is 9.67. The molecule has 0 aliphatic heterocycles. The molecule has 0 spiro atoms. The lowest BCUT2D eigenvalue weighted by Crippen LogP contribution is -2.43. The molecule has 35 heavy (non-hydrogen) atoms. The molecule has 3 aromatic heterocycles. The first kappa shape index (κ1) is 22.6. The number of nitrogens with one attached hydrogen (secondary N) is 1. The van der Waals surface area contributed by atoms with E-state index in [9.17, 15) is 4.79 Å². The van der Waals surface area contributed by atoms with E-state index in [1.807, 2.05) is 18.2 Å². The SMILES string of the molecule is O=c1c2c3c(sc2ncn1CCc1ccccn1)C[C@@H](NCC1(c2ccccc2)CCCC1)CC3. The van der Waals surface area contributed by atoms with E-state index in [4.69, 9.17) is 0 Å².